The molecule has 1 aromatic heterocycles. The maximum atomic E-state index is 5.57. The van der Waals surface area contributed by atoms with Crippen molar-refractivity contribution < 1.29 is 0 Å². The number of rotatable bonds is 3. The third kappa shape index (κ3) is 2.62. The van der Waals surface area contributed by atoms with Crippen LogP contribution in [0.5, 0.6) is 0 Å². The highest BCUT2D eigenvalue weighted by molar-refractivity contribution is 5.60. The van der Waals surface area contributed by atoms with E-state index >= 15 is 0 Å². The third-order valence-corrected chi connectivity index (χ3v) is 2.62. The number of hydrogen-bond donors (Lipinski definition) is 1. The van der Waals surface area contributed by atoms with Gasteiger partial charge in [-0.3, -0.25) is 0 Å². The maximum absolute atomic E-state index is 5.57. The van der Waals surface area contributed by atoms with Crippen LogP contribution in [0.2, 0.25) is 0 Å². The van der Waals surface area contributed by atoms with Gasteiger partial charge in [-0.2, -0.15) is 0 Å². The fourth-order valence-corrected chi connectivity index (χ4v) is 1.67. The van der Waals surface area contributed by atoms with Gasteiger partial charge >= 0.3 is 0 Å². The quantitative estimate of drug-likeness (QED) is 0.881. The Bertz CT molecular complexity index is 534. The average molecular weight is 243 g/mol. The van der Waals surface area contributed by atoms with Gasteiger partial charge in [0.2, 0.25) is 0 Å². The molecule has 5 heteroatoms. The molecule has 0 fully saturated rings. The van der Waals surface area contributed by atoms with Crippen molar-refractivity contribution in [1.29, 1.82) is 0 Å². The molecule has 0 saturated carbocycles. The minimum atomic E-state index is 0.326. The van der Waals surface area contributed by atoms with Gasteiger partial charge in [0.05, 0.1) is 6.54 Å². The highest BCUT2D eigenvalue weighted by Crippen LogP contribution is 2.19. The van der Waals surface area contributed by atoms with Crippen molar-refractivity contribution in [3.63, 3.8) is 0 Å². The van der Waals surface area contributed by atoms with Crippen LogP contribution in [0.15, 0.2) is 24.3 Å². The van der Waals surface area contributed by atoms with E-state index in [0.29, 0.717) is 24.0 Å². The summed E-state index contributed by atoms with van der Waals surface area (Å²) in [6.07, 6.45) is 0. The molecular weight excluding hydrogens is 226 g/mol. The second-order valence-corrected chi connectivity index (χ2v) is 4.27. The molecule has 0 saturated heterocycles. The Morgan fingerprint density at radius 3 is 2.28 bits per heavy atom. The van der Waals surface area contributed by atoms with Crippen LogP contribution in [-0.2, 0) is 6.54 Å². The van der Waals surface area contributed by atoms with Crippen LogP contribution >= 0.6 is 0 Å². The molecular formula is C13H17N5. The standard InChI is InChI=1S/C13H17N5/c1-9-15-12(8-14)17-13(16-9)10-4-6-11(7-5-10)18(2)3/h4-7H,8,14H2,1-3H3. The summed E-state index contributed by atoms with van der Waals surface area (Å²) in [5.74, 6) is 1.99. The lowest BCUT2D eigenvalue weighted by Gasteiger charge is -2.12. The molecule has 2 rings (SSSR count). The summed E-state index contributed by atoms with van der Waals surface area (Å²) in [5, 5.41) is 0. The van der Waals surface area contributed by atoms with Crippen molar-refractivity contribution in [3.05, 3.63) is 35.9 Å². The molecule has 5 nitrogen and oxygen atoms in total. The number of nitrogens with two attached hydrogens (primary N) is 1. The molecule has 18 heavy (non-hydrogen) atoms. The SMILES string of the molecule is Cc1nc(CN)nc(-c2ccc(N(C)C)cc2)n1. The second-order valence-electron chi connectivity index (χ2n) is 4.27. The monoisotopic (exact) mass is 243 g/mol. The number of hydrogen-bond acceptors (Lipinski definition) is 5. The zero-order valence-electron chi connectivity index (χ0n) is 10.9. The molecule has 0 amide bonds. The Morgan fingerprint density at radius 1 is 1.06 bits per heavy atom. The molecule has 94 valence electrons. The van der Waals surface area contributed by atoms with E-state index in [-0.39, 0.29) is 0 Å². The van der Waals surface area contributed by atoms with Gasteiger partial charge in [0.25, 0.3) is 0 Å². The van der Waals surface area contributed by atoms with E-state index in [0.717, 1.165) is 11.3 Å². The molecule has 0 aliphatic heterocycles. The summed E-state index contributed by atoms with van der Waals surface area (Å²) in [5.41, 5.74) is 7.69. The van der Waals surface area contributed by atoms with E-state index in [4.69, 9.17) is 5.73 Å². The van der Waals surface area contributed by atoms with Crippen LogP contribution in [0.4, 0.5) is 5.69 Å². The lowest BCUT2D eigenvalue weighted by atomic mass is 10.2. The summed E-state index contributed by atoms with van der Waals surface area (Å²) >= 11 is 0. The molecule has 2 aromatic rings. The molecule has 0 radical (unpaired) electrons. The van der Waals surface area contributed by atoms with E-state index in [9.17, 15) is 0 Å². The predicted octanol–water partition coefficient (Wildman–Crippen LogP) is 1.37. The maximum Gasteiger partial charge on any atom is 0.163 e. The number of nitrogens with zero attached hydrogens (tertiary/aromatic N) is 4. The number of aromatic nitrogens is 3. The zero-order chi connectivity index (χ0) is 13.1. The van der Waals surface area contributed by atoms with Crippen molar-refractivity contribution in [2.75, 3.05) is 19.0 Å². The van der Waals surface area contributed by atoms with E-state index in [1.165, 1.54) is 0 Å². The van der Waals surface area contributed by atoms with Crippen molar-refractivity contribution in [1.82, 2.24) is 15.0 Å². The molecule has 1 heterocycles. The molecule has 0 aliphatic rings. The van der Waals surface area contributed by atoms with Gasteiger partial charge < -0.3 is 10.6 Å². The lowest BCUT2D eigenvalue weighted by Crippen LogP contribution is -2.09. The number of anilines is 1. The van der Waals surface area contributed by atoms with Gasteiger partial charge in [-0.25, -0.2) is 15.0 Å². The first-order valence-electron chi connectivity index (χ1n) is 5.79. The first-order chi connectivity index (χ1) is 8.60. The first-order valence-corrected chi connectivity index (χ1v) is 5.79. The Morgan fingerprint density at radius 2 is 1.72 bits per heavy atom. The summed E-state index contributed by atoms with van der Waals surface area (Å²) < 4.78 is 0. The van der Waals surface area contributed by atoms with Crippen molar-refractivity contribution in [3.8, 4) is 11.4 Å². The van der Waals surface area contributed by atoms with Gasteiger partial charge in [-0.05, 0) is 31.2 Å². The van der Waals surface area contributed by atoms with Gasteiger partial charge in [-0.15, -0.1) is 0 Å². The van der Waals surface area contributed by atoms with Gasteiger partial charge in [0, 0.05) is 25.3 Å². The van der Waals surface area contributed by atoms with Crippen LogP contribution < -0.4 is 10.6 Å². The Balaban J connectivity index is 2.39. The summed E-state index contributed by atoms with van der Waals surface area (Å²) in [4.78, 5) is 14.9. The van der Waals surface area contributed by atoms with E-state index in [1.54, 1.807) is 0 Å². The third-order valence-electron chi connectivity index (χ3n) is 2.62. The van der Waals surface area contributed by atoms with Gasteiger partial charge in [0.1, 0.15) is 11.6 Å². The highest BCUT2D eigenvalue weighted by atomic mass is 15.1. The molecule has 0 spiro atoms. The van der Waals surface area contributed by atoms with E-state index in [1.807, 2.05) is 50.2 Å². The molecule has 0 bridgehead atoms. The lowest BCUT2D eigenvalue weighted by molar-refractivity contribution is 0.851. The smallest absolute Gasteiger partial charge is 0.163 e. The zero-order valence-corrected chi connectivity index (χ0v) is 10.9. The van der Waals surface area contributed by atoms with Gasteiger partial charge in [0.15, 0.2) is 5.82 Å². The minimum Gasteiger partial charge on any atom is -0.378 e. The average Bonchev–Trinajstić information content (AvgIpc) is 2.38. The number of aryl methyl sites for hydroxylation is 1. The number of benzene rings is 1. The predicted molar refractivity (Wildman–Crippen MR) is 72.2 cm³/mol. The molecule has 0 atom stereocenters. The van der Waals surface area contributed by atoms with E-state index in [2.05, 4.69) is 15.0 Å². The summed E-state index contributed by atoms with van der Waals surface area (Å²) in [6, 6.07) is 8.09. The van der Waals surface area contributed by atoms with Crippen molar-refractivity contribution in [2.45, 2.75) is 13.5 Å². The fraction of sp³-hybridized carbons (Fsp3) is 0.308. The van der Waals surface area contributed by atoms with Gasteiger partial charge in [-0.1, -0.05) is 0 Å². The van der Waals surface area contributed by atoms with Crippen LogP contribution in [0.1, 0.15) is 11.6 Å². The Hall–Kier alpha value is -2.01. The minimum absolute atomic E-state index is 0.326. The molecule has 0 aliphatic carbocycles. The van der Waals surface area contributed by atoms with Crippen molar-refractivity contribution >= 4 is 5.69 Å². The first kappa shape index (κ1) is 12.4. The Kier molecular flexibility index (Phi) is 3.53. The fourth-order valence-electron chi connectivity index (χ4n) is 1.67. The van der Waals surface area contributed by atoms with E-state index < -0.39 is 0 Å². The highest BCUT2D eigenvalue weighted by Gasteiger charge is 2.05. The largest absolute Gasteiger partial charge is 0.378 e. The molecule has 2 N–H and O–H groups in total. The topological polar surface area (TPSA) is 67.9 Å². The van der Waals surface area contributed by atoms with Crippen LogP contribution in [0, 0.1) is 6.92 Å². The van der Waals surface area contributed by atoms with Crippen LogP contribution in [-0.4, -0.2) is 29.0 Å². The summed E-state index contributed by atoms with van der Waals surface area (Å²) in [7, 11) is 4.02. The Labute approximate surface area is 107 Å². The normalized spacial score (nSPS) is 10.4. The summed E-state index contributed by atoms with van der Waals surface area (Å²) in [6.45, 7) is 2.17. The van der Waals surface area contributed by atoms with Crippen LogP contribution in [0.3, 0.4) is 0 Å². The van der Waals surface area contributed by atoms with Crippen molar-refractivity contribution in [2.24, 2.45) is 5.73 Å². The van der Waals surface area contributed by atoms with Crippen LogP contribution in [0.25, 0.3) is 11.4 Å². The second kappa shape index (κ2) is 5.10. The molecule has 0 unspecified atom stereocenters. The molecule has 1 aromatic carbocycles.